The van der Waals surface area contributed by atoms with Gasteiger partial charge in [-0.15, -0.1) is 0 Å². The van der Waals surface area contributed by atoms with Crippen LogP contribution in [0.5, 0.6) is 11.5 Å². The van der Waals surface area contributed by atoms with Crippen molar-refractivity contribution in [2.45, 2.75) is 85.0 Å². The number of aromatic nitrogens is 4. The molecule has 1 aliphatic heterocycles. The molecule has 15 rings (SSSR count). The number of para-hydroxylation sites is 5. The second-order valence-corrected chi connectivity index (χ2v) is 24.6. The lowest BCUT2D eigenvalue weighted by Gasteiger charge is -2.27. The molecule has 0 saturated carbocycles. The number of hydrogen-bond donors (Lipinski definition) is 0. The molecule has 0 saturated heterocycles. The van der Waals surface area contributed by atoms with Crippen molar-refractivity contribution in [3.8, 4) is 34.1 Å². The Morgan fingerprint density at radius 3 is 1.57 bits per heavy atom. The second-order valence-electron chi connectivity index (χ2n) is 24.6. The summed E-state index contributed by atoms with van der Waals surface area (Å²) in [5, 5.41) is 10.2. The smallest absolute Gasteiger partial charge is 0.137 e. The van der Waals surface area contributed by atoms with Gasteiger partial charge < -0.3 is 18.8 Å². The Hall–Kier alpha value is -9.65. The van der Waals surface area contributed by atoms with Crippen molar-refractivity contribution in [2.75, 3.05) is 4.90 Å². The van der Waals surface area contributed by atoms with Crippen molar-refractivity contribution in [1.82, 2.24) is 18.7 Å². The van der Waals surface area contributed by atoms with E-state index in [1.54, 1.807) is 0 Å². The maximum Gasteiger partial charge on any atom is 0.137 e. The molecule has 410 valence electrons. The number of anilines is 2. The van der Waals surface area contributed by atoms with Gasteiger partial charge in [0.2, 0.25) is 0 Å². The number of pyridine rings is 1. The third kappa shape index (κ3) is 8.25. The summed E-state index contributed by atoms with van der Waals surface area (Å²) in [5.74, 6) is 2.01. The summed E-state index contributed by atoms with van der Waals surface area (Å²) in [6, 6.07) is 76.5. The van der Waals surface area contributed by atoms with Crippen LogP contribution < -0.4 is 9.64 Å². The van der Waals surface area contributed by atoms with Crippen molar-refractivity contribution in [3.05, 3.63) is 247 Å². The molecular weight excluding hydrogens is 1020 g/mol. The molecule has 6 nitrogen and oxygen atoms in total. The summed E-state index contributed by atoms with van der Waals surface area (Å²) in [6.07, 6.45) is 1.90. The van der Waals surface area contributed by atoms with Gasteiger partial charge in [0, 0.05) is 80.3 Å². The maximum absolute atomic E-state index is 8.89. The van der Waals surface area contributed by atoms with Crippen LogP contribution >= 0.6 is 0 Å². The Morgan fingerprint density at radius 2 is 0.940 bits per heavy atom. The van der Waals surface area contributed by atoms with Gasteiger partial charge in [-0.2, -0.15) is 0 Å². The predicted octanol–water partition coefficient (Wildman–Crippen LogP) is 21.3. The molecule has 0 fully saturated rings. The standard InChI is InChI=1S/C78H67N5O/c1-76(2,3)50-39-40-79-72(44-50)83-68-37-19-16-31-65(68)73-70(82-66-35-17-14-29-61(66)62-30-15-18-36-67(62)82)46-55(47-71(73)83)84-54-24-20-23-53(45-54)80-48-81-74-56(49-41-51(77(4,5)6)43-52(42-49)78(7,8)9)32-21-33-63(74)59-27-12-10-25-57(59)58-26-11-13-28-60(58)64-34-22-38-69(80)75(64)81/h10-47H,48H2,1-9H3/i4D3,5D3,6D3. The summed E-state index contributed by atoms with van der Waals surface area (Å²) in [7, 11) is 0. The number of hydrogen-bond acceptors (Lipinski definition) is 3. The quantitative estimate of drug-likeness (QED) is 0.167. The highest BCUT2D eigenvalue weighted by Crippen LogP contribution is 2.48. The minimum absolute atomic E-state index is 0.139. The fourth-order valence-electron chi connectivity index (χ4n) is 13.1. The molecule has 0 unspecified atom stereocenters. The zero-order chi connectivity index (χ0) is 64.9. The van der Waals surface area contributed by atoms with Gasteiger partial charge in [-0.3, -0.25) is 4.57 Å². The van der Waals surface area contributed by atoms with E-state index in [-0.39, 0.29) is 17.6 Å². The zero-order valence-corrected chi connectivity index (χ0v) is 47.8. The highest BCUT2D eigenvalue weighted by Gasteiger charge is 2.29. The summed E-state index contributed by atoms with van der Waals surface area (Å²) < 4.78 is 94.2. The minimum Gasteiger partial charge on any atom is -0.457 e. The van der Waals surface area contributed by atoms with Gasteiger partial charge in [-0.25, -0.2) is 4.98 Å². The second kappa shape index (κ2) is 18.9. The van der Waals surface area contributed by atoms with Gasteiger partial charge in [0.1, 0.15) is 24.0 Å². The number of nitrogens with zero attached hydrogens (tertiary/aromatic N) is 5. The average Bonchev–Trinajstić information content (AvgIpc) is 1.52. The summed E-state index contributed by atoms with van der Waals surface area (Å²) in [4.78, 5) is 7.35. The van der Waals surface area contributed by atoms with Crippen molar-refractivity contribution < 1.29 is 17.1 Å². The molecule has 0 atom stereocenters. The van der Waals surface area contributed by atoms with E-state index >= 15 is 0 Å². The zero-order valence-electron chi connectivity index (χ0n) is 56.8. The van der Waals surface area contributed by atoms with E-state index < -0.39 is 31.4 Å². The Bertz CT molecular complexity index is 5390. The highest BCUT2D eigenvalue weighted by molar-refractivity contribution is 6.22. The first-order chi connectivity index (χ1) is 44.3. The van der Waals surface area contributed by atoms with Crippen LogP contribution in [0.1, 0.15) is 91.1 Å². The molecule has 0 radical (unpaired) electrons. The van der Waals surface area contributed by atoms with Crippen LogP contribution in [0.2, 0.25) is 0 Å². The third-order valence-electron chi connectivity index (χ3n) is 17.2. The van der Waals surface area contributed by atoms with Crippen LogP contribution in [0.4, 0.5) is 11.4 Å². The Labute approximate surface area is 503 Å². The number of ether oxygens (including phenoxy) is 1. The molecule has 1 aliphatic rings. The van der Waals surface area contributed by atoms with E-state index in [0.29, 0.717) is 28.2 Å². The minimum atomic E-state index is -3.48. The fraction of sp³-hybridized carbons (Fsp3) is 0.167. The lowest BCUT2D eigenvalue weighted by molar-refractivity contribution is 0.483. The summed E-state index contributed by atoms with van der Waals surface area (Å²) in [6.45, 7) is 2.36. The molecule has 0 bridgehead atoms. The van der Waals surface area contributed by atoms with Gasteiger partial charge in [-0.05, 0) is 109 Å². The normalized spacial score (nSPS) is 15.0. The van der Waals surface area contributed by atoms with Gasteiger partial charge in [0.15, 0.2) is 0 Å². The Kier molecular flexibility index (Phi) is 9.52. The molecular formula is C78H67N5O. The molecule has 0 aliphatic carbocycles. The highest BCUT2D eigenvalue weighted by atomic mass is 16.5. The van der Waals surface area contributed by atoms with Crippen LogP contribution in [0.25, 0.3) is 110 Å². The number of benzene rings is 10. The van der Waals surface area contributed by atoms with Crippen molar-refractivity contribution in [2.24, 2.45) is 0 Å². The van der Waals surface area contributed by atoms with E-state index in [2.05, 4.69) is 209 Å². The van der Waals surface area contributed by atoms with Crippen molar-refractivity contribution in [3.63, 3.8) is 0 Å². The van der Waals surface area contributed by atoms with Crippen LogP contribution in [-0.2, 0) is 22.9 Å². The van der Waals surface area contributed by atoms with Gasteiger partial charge >= 0.3 is 0 Å². The fourth-order valence-corrected chi connectivity index (χ4v) is 13.1. The number of rotatable bonds is 6. The van der Waals surface area contributed by atoms with E-state index in [1.807, 2.05) is 69.4 Å². The molecule has 10 aromatic carbocycles. The SMILES string of the molecule is [2H]C([2H])([2H])C(c1cc(-c2cccc3c4ccccc4c4ccccc4c4cccc5c4n(c23)CN5c2cccc(Oc3cc(-n4c5ccccc5c5ccccc54)c4c5ccccc5n(-c5cc(C(C)(C)C)ccn5)c4c3)c2)cc(C(C)(C)C)c1)(C([2H])([2H])[2H])C([2H])([2H])[2H]. The molecule has 4 aromatic heterocycles. The van der Waals surface area contributed by atoms with Crippen molar-refractivity contribution in [1.29, 1.82) is 0 Å². The third-order valence-corrected chi connectivity index (χ3v) is 17.2. The van der Waals surface area contributed by atoms with Gasteiger partial charge in [-0.1, -0.05) is 220 Å². The first kappa shape index (κ1) is 42.2. The number of fused-ring (bicyclic) bond motifs is 13. The Morgan fingerprint density at radius 1 is 0.405 bits per heavy atom. The predicted molar refractivity (Wildman–Crippen MR) is 355 cm³/mol. The maximum atomic E-state index is 8.89. The molecule has 6 heteroatoms. The lowest BCUT2D eigenvalue weighted by atomic mass is 9.78. The van der Waals surface area contributed by atoms with Crippen LogP contribution in [0, 0.1) is 0 Å². The van der Waals surface area contributed by atoms with Gasteiger partial charge in [0.05, 0.1) is 44.5 Å². The Balaban J connectivity index is 0.970. The topological polar surface area (TPSA) is 40.1 Å². The van der Waals surface area contributed by atoms with E-state index in [4.69, 9.17) is 22.1 Å². The van der Waals surface area contributed by atoms with E-state index in [1.165, 1.54) is 12.1 Å². The van der Waals surface area contributed by atoms with Crippen LogP contribution in [0.15, 0.2) is 231 Å². The molecule has 0 amide bonds. The largest absolute Gasteiger partial charge is 0.457 e. The molecule has 84 heavy (non-hydrogen) atoms. The van der Waals surface area contributed by atoms with E-state index in [9.17, 15) is 0 Å². The van der Waals surface area contributed by atoms with E-state index in [0.717, 1.165) is 115 Å². The van der Waals surface area contributed by atoms with Crippen LogP contribution in [0.3, 0.4) is 0 Å². The first-order valence-electron chi connectivity index (χ1n) is 33.3. The molecule has 5 heterocycles. The average molecular weight is 1100 g/mol. The summed E-state index contributed by atoms with van der Waals surface area (Å²) in [5.41, 5.74) is 6.95. The van der Waals surface area contributed by atoms with Gasteiger partial charge in [0.25, 0.3) is 0 Å². The molecule has 14 aromatic rings. The molecule has 0 N–H and O–H groups in total. The monoisotopic (exact) mass is 1100 g/mol. The van der Waals surface area contributed by atoms with Crippen LogP contribution in [-0.4, -0.2) is 18.7 Å². The lowest BCUT2D eigenvalue weighted by Crippen LogP contribution is -2.17. The molecule has 0 spiro atoms. The summed E-state index contributed by atoms with van der Waals surface area (Å²) >= 11 is 0. The van der Waals surface area contributed by atoms with Crippen molar-refractivity contribution >= 4 is 98.3 Å². The first-order valence-corrected chi connectivity index (χ1v) is 28.8.